The van der Waals surface area contributed by atoms with E-state index in [1.54, 1.807) is 0 Å². The van der Waals surface area contributed by atoms with Crippen LogP contribution in [0, 0.1) is 24.0 Å². The summed E-state index contributed by atoms with van der Waals surface area (Å²) in [6, 6.07) is 7.11. The molecule has 2 aromatic carbocycles. The minimum Gasteiger partial charge on any atom is -0.305 e. The van der Waals surface area contributed by atoms with E-state index >= 15 is 0 Å². The van der Waals surface area contributed by atoms with Crippen molar-refractivity contribution in [1.82, 2.24) is 4.57 Å². The van der Waals surface area contributed by atoms with Crippen LogP contribution in [0.4, 0.5) is 8.78 Å². The zero-order valence-corrected chi connectivity index (χ0v) is 15.2. The number of halogens is 2. The molecular formula is C17H11F2N3O3S2. The molecule has 0 saturated heterocycles. The third-order valence-corrected chi connectivity index (χ3v) is 5.56. The van der Waals surface area contributed by atoms with Crippen LogP contribution in [0.3, 0.4) is 0 Å². The van der Waals surface area contributed by atoms with Gasteiger partial charge in [0.05, 0.1) is 21.7 Å². The Morgan fingerprint density at radius 2 is 1.93 bits per heavy atom. The van der Waals surface area contributed by atoms with E-state index in [1.807, 2.05) is 0 Å². The van der Waals surface area contributed by atoms with Gasteiger partial charge in [0.1, 0.15) is 17.2 Å². The van der Waals surface area contributed by atoms with E-state index in [1.165, 1.54) is 22.8 Å². The van der Waals surface area contributed by atoms with Crippen molar-refractivity contribution in [1.29, 1.82) is 0 Å². The molecule has 1 aromatic heterocycles. The van der Waals surface area contributed by atoms with Crippen molar-refractivity contribution in [2.45, 2.75) is 11.4 Å². The summed E-state index contributed by atoms with van der Waals surface area (Å²) in [5.74, 6) is -0.800. The standard InChI is InChI=1S/C17H11F2N3O3S2/c1-2-8-22-13-7-6-10(27(20,24)25)9-14(13)26-17(22)21-16(23)15-11(18)4-3-5-12(15)19/h1,3-7,9H,8H2,(H2,20,24,25). The fraction of sp³-hybridized carbons (Fsp3) is 0.0588. The van der Waals surface area contributed by atoms with Crippen molar-refractivity contribution in [3.63, 3.8) is 0 Å². The number of aromatic nitrogens is 1. The van der Waals surface area contributed by atoms with Gasteiger partial charge in [0.15, 0.2) is 4.80 Å². The fourth-order valence-corrected chi connectivity index (χ4v) is 4.09. The number of sulfonamides is 1. The SMILES string of the molecule is C#CCn1c(=NC(=O)c2c(F)cccc2F)sc2cc(S(N)(=O)=O)ccc21. The summed E-state index contributed by atoms with van der Waals surface area (Å²) in [6.07, 6.45) is 5.34. The van der Waals surface area contributed by atoms with Gasteiger partial charge >= 0.3 is 0 Å². The van der Waals surface area contributed by atoms with E-state index in [9.17, 15) is 22.0 Å². The molecule has 2 N–H and O–H groups in total. The van der Waals surface area contributed by atoms with Crippen LogP contribution in [0.5, 0.6) is 0 Å². The Labute approximate surface area is 156 Å². The Bertz CT molecular complexity index is 1260. The minimum absolute atomic E-state index is 0.0145. The van der Waals surface area contributed by atoms with Gasteiger partial charge in [-0.1, -0.05) is 23.3 Å². The van der Waals surface area contributed by atoms with Crippen molar-refractivity contribution >= 4 is 37.5 Å². The van der Waals surface area contributed by atoms with Gasteiger partial charge < -0.3 is 4.57 Å². The number of amides is 1. The van der Waals surface area contributed by atoms with Gasteiger partial charge in [-0.3, -0.25) is 4.79 Å². The molecule has 1 heterocycles. The van der Waals surface area contributed by atoms with E-state index in [-0.39, 0.29) is 16.2 Å². The first kappa shape index (κ1) is 18.9. The maximum Gasteiger partial charge on any atom is 0.285 e. The minimum atomic E-state index is -3.93. The van der Waals surface area contributed by atoms with Crippen molar-refractivity contribution in [3.05, 3.63) is 58.4 Å². The van der Waals surface area contributed by atoms with E-state index in [2.05, 4.69) is 10.9 Å². The first-order valence-corrected chi connectivity index (χ1v) is 9.71. The van der Waals surface area contributed by atoms with Crippen LogP contribution < -0.4 is 9.94 Å². The van der Waals surface area contributed by atoms with Gasteiger partial charge in [0.2, 0.25) is 10.0 Å². The summed E-state index contributed by atoms with van der Waals surface area (Å²) in [5.41, 5.74) is -0.279. The number of carbonyl (C=O) groups is 1. The predicted octanol–water partition coefficient (Wildman–Crippen LogP) is 2.00. The summed E-state index contributed by atoms with van der Waals surface area (Å²) >= 11 is 0.944. The molecule has 138 valence electrons. The van der Waals surface area contributed by atoms with Crippen LogP contribution >= 0.6 is 11.3 Å². The Hall–Kier alpha value is -2.87. The molecule has 1 amide bonds. The first-order valence-electron chi connectivity index (χ1n) is 7.35. The number of nitrogens with two attached hydrogens (primary N) is 1. The van der Waals surface area contributed by atoms with Crippen LogP contribution in [-0.2, 0) is 16.6 Å². The number of fused-ring (bicyclic) bond motifs is 1. The Balaban J connectivity index is 2.24. The molecule has 0 fully saturated rings. The number of terminal acetylenes is 1. The smallest absolute Gasteiger partial charge is 0.285 e. The third kappa shape index (κ3) is 3.66. The molecule has 0 unspecified atom stereocenters. The Morgan fingerprint density at radius 3 is 2.52 bits per heavy atom. The quantitative estimate of drug-likeness (QED) is 0.673. The zero-order valence-electron chi connectivity index (χ0n) is 13.5. The molecule has 3 aromatic rings. The van der Waals surface area contributed by atoms with Crippen molar-refractivity contribution in [2.75, 3.05) is 0 Å². The maximum atomic E-state index is 13.8. The van der Waals surface area contributed by atoms with Crippen LogP contribution in [0.15, 0.2) is 46.3 Å². The lowest BCUT2D eigenvalue weighted by Gasteiger charge is -2.02. The Morgan fingerprint density at radius 1 is 1.26 bits per heavy atom. The normalized spacial score (nSPS) is 12.3. The van der Waals surface area contributed by atoms with Crippen LogP contribution in [0.1, 0.15) is 10.4 Å². The lowest BCUT2D eigenvalue weighted by atomic mass is 10.2. The topological polar surface area (TPSA) is 94.5 Å². The number of thiazole rings is 1. The molecule has 27 heavy (non-hydrogen) atoms. The summed E-state index contributed by atoms with van der Waals surface area (Å²) < 4.78 is 52.5. The summed E-state index contributed by atoms with van der Waals surface area (Å²) in [7, 11) is -3.93. The van der Waals surface area contributed by atoms with Crippen molar-refractivity contribution < 1.29 is 22.0 Å². The van der Waals surface area contributed by atoms with Gasteiger partial charge in [-0.2, -0.15) is 4.99 Å². The highest BCUT2D eigenvalue weighted by atomic mass is 32.2. The molecule has 0 aliphatic rings. The first-order chi connectivity index (χ1) is 12.7. The third-order valence-electron chi connectivity index (χ3n) is 3.61. The largest absolute Gasteiger partial charge is 0.305 e. The van der Waals surface area contributed by atoms with Crippen LogP contribution in [0.2, 0.25) is 0 Å². The highest BCUT2D eigenvalue weighted by molar-refractivity contribution is 7.89. The molecule has 3 rings (SSSR count). The number of hydrogen-bond donors (Lipinski definition) is 1. The number of hydrogen-bond acceptors (Lipinski definition) is 4. The second kappa shape index (κ2) is 7.03. The molecular weight excluding hydrogens is 396 g/mol. The van der Waals surface area contributed by atoms with Crippen LogP contribution in [0.25, 0.3) is 10.2 Å². The second-order valence-corrected chi connectivity index (χ2v) is 7.93. The fourth-order valence-electron chi connectivity index (χ4n) is 2.40. The molecule has 0 radical (unpaired) electrons. The van der Waals surface area contributed by atoms with Gasteiger partial charge in [0, 0.05) is 0 Å². The molecule has 0 aliphatic carbocycles. The van der Waals surface area contributed by atoms with Gasteiger partial charge in [-0.25, -0.2) is 22.3 Å². The molecule has 0 spiro atoms. The molecule has 6 nitrogen and oxygen atoms in total. The van der Waals surface area contributed by atoms with E-state index < -0.39 is 33.1 Å². The summed E-state index contributed by atoms with van der Waals surface area (Å²) in [5, 5.41) is 5.12. The lowest BCUT2D eigenvalue weighted by Crippen LogP contribution is -2.17. The number of nitrogens with zero attached hydrogens (tertiary/aromatic N) is 2. The van der Waals surface area contributed by atoms with E-state index in [4.69, 9.17) is 11.6 Å². The lowest BCUT2D eigenvalue weighted by molar-refractivity contribution is 0.0990. The number of benzene rings is 2. The van der Waals surface area contributed by atoms with Gasteiger partial charge in [-0.15, -0.1) is 6.42 Å². The monoisotopic (exact) mass is 407 g/mol. The van der Waals surface area contributed by atoms with E-state index in [0.717, 1.165) is 29.5 Å². The average Bonchev–Trinajstić information content (AvgIpc) is 2.91. The number of primary sulfonamides is 1. The molecule has 0 saturated carbocycles. The predicted molar refractivity (Wildman–Crippen MR) is 96.3 cm³/mol. The molecule has 0 atom stereocenters. The average molecular weight is 407 g/mol. The molecule has 0 bridgehead atoms. The van der Waals surface area contributed by atoms with Gasteiger partial charge in [0.25, 0.3) is 5.91 Å². The Kier molecular flexibility index (Phi) is 4.93. The number of carbonyl (C=O) groups excluding carboxylic acids is 1. The van der Waals surface area contributed by atoms with Crippen molar-refractivity contribution in [3.8, 4) is 12.3 Å². The molecule has 10 heteroatoms. The summed E-state index contributed by atoms with van der Waals surface area (Å²) in [6.45, 7) is 0.0145. The van der Waals surface area contributed by atoms with Gasteiger partial charge in [-0.05, 0) is 30.3 Å². The highest BCUT2D eigenvalue weighted by Crippen LogP contribution is 2.21. The number of rotatable bonds is 3. The molecule has 0 aliphatic heterocycles. The van der Waals surface area contributed by atoms with Crippen molar-refractivity contribution in [2.24, 2.45) is 10.1 Å². The highest BCUT2D eigenvalue weighted by Gasteiger charge is 2.18. The zero-order chi connectivity index (χ0) is 19.8. The maximum absolute atomic E-state index is 13.8. The summed E-state index contributed by atoms with van der Waals surface area (Å²) in [4.78, 5) is 16.0. The second-order valence-electron chi connectivity index (χ2n) is 5.36. The van der Waals surface area contributed by atoms with E-state index in [0.29, 0.717) is 10.2 Å². The van der Waals surface area contributed by atoms with Crippen LogP contribution in [-0.4, -0.2) is 18.9 Å².